The minimum absolute atomic E-state index is 0.518. The molecule has 1 fully saturated rings. The fourth-order valence-corrected chi connectivity index (χ4v) is 2.33. The molecule has 70 valence electrons. The van der Waals surface area contributed by atoms with Gasteiger partial charge in [-0.1, -0.05) is 17.7 Å². The van der Waals surface area contributed by atoms with Gasteiger partial charge in [-0.15, -0.1) is 11.8 Å². The van der Waals surface area contributed by atoms with Gasteiger partial charge in [0.25, 0.3) is 0 Å². The quantitative estimate of drug-likeness (QED) is 0.542. The lowest BCUT2D eigenvalue weighted by Crippen LogP contribution is -1.90. The Hall–Kier alpha value is -0.470. The first-order valence-corrected chi connectivity index (χ1v) is 5.56. The second-order valence-electron chi connectivity index (χ2n) is 3.54. The second-order valence-corrected chi connectivity index (χ2v) is 4.60. The number of hydrogen-bond donors (Lipinski definition) is 0. The van der Waals surface area contributed by atoms with Gasteiger partial charge in [0.15, 0.2) is 0 Å². The standard InChI is InChI=1S/C11H14OS/c1-8-3-4-9(2)11(5-8)13-7-10-6-12-10/h3-5,10H,6-7H2,1-2H3. The molecule has 1 nitrogen and oxygen atoms in total. The van der Waals surface area contributed by atoms with Crippen LogP contribution in [0.2, 0.25) is 0 Å². The summed E-state index contributed by atoms with van der Waals surface area (Å²) in [6.07, 6.45) is 0.518. The van der Waals surface area contributed by atoms with Crippen molar-refractivity contribution in [3.63, 3.8) is 0 Å². The number of ether oxygens (including phenoxy) is 1. The van der Waals surface area contributed by atoms with Gasteiger partial charge in [0.2, 0.25) is 0 Å². The van der Waals surface area contributed by atoms with Crippen molar-refractivity contribution < 1.29 is 4.74 Å². The van der Waals surface area contributed by atoms with Gasteiger partial charge in [-0.3, -0.25) is 0 Å². The van der Waals surface area contributed by atoms with Crippen LogP contribution in [-0.4, -0.2) is 18.5 Å². The van der Waals surface area contributed by atoms with Crippen LogP contribution in [0.25, 0.3) is 0 Å². The van der Waals surface area contributed by atoms with Gasteiger partial charge in [0.1, 0.15) is 0 Å². The van der Waals surface area contributed by atoms with Crippen molar-refractivity contribution in [1.82, 2.24) is 0 Å². The maximum absolute atomic E-state index is 5.18. The van der Waals surface area contributed by atoms with E-state index in [1.807, 2.05) is 11.8 Å². The van der Waals surface area contributed by atoms with E-state index in [4.69, 9.17) is 4.74 Å². The summed E-state index contributed by atoms with van der Waals surface area (Å²) >= 11 is 1.91. The first-order valence-electron chi connectivity index (χ1n) is 4.57. The summed E-state index contributed by atoms with van der Waals surface area (Å²) in [5.41, 5.74) is 2.71. The lowest BCUT2D eigenvalue weighted by atomic mass is 10.2. The molecule has 1 aliphatic heterocycles. The molecule has 0 N–H and O–H groups in total. The highest BCUT2D eigenvalue weighted by atomic mass is 32.2. The Morgan fingerprint density at radius 2 is 2.23 bits per heavy atom. The number of benzene rings is 1. The minimum atomic E-state index is 0.518. The van der Waals surface area contributed by atoms with Crippen LogP contribution in [0, 0.1) is 13.8 Å². The van der Waals surface area contributed by atoms with Crippen LogP contribution in [0.1, 0.15) is 11.1 Å². The average molecular weight is 194 g/mol. The predicted molar refractivity (Wildman–Crippen MR) is 56.4 cm³/mol. The highest BCUT2D eigenvalue weighted by Gasteiger charge is 2.22. The number of rotatable bonds is 3. The summed E-state index contributed by atoms with van der Waals surface area (Å²) in [5.74, 6) is 1.10. The zero-order valence-electron chi connectivity index (χ0n) is 8.04. The minimum Gasteiger partial charge on any atom is -0.372 e. The highest BCUT2D eigenvalue weighted by Crippen LogP contribution is 2.27. The van der Waals surface area contributed by atoms with E-state index in [0.29, 0.717) is 6.10 Å². The molecule has 2 rings (SSSR count). The second kappa shape index (κ2) is 3.72. The van der Waals surface area contributed by atoms with Gasteiger partial charge in [0, 0.05) is 10.6 Å². The van der Waals surface area contributed by atoms with Crippen molar-refractivity contribution in [3.05, 3.63) is 29.3 Å². The molecule has 0 saturated carbocycles. The van der Waals surface area contributed by atoms with Gasteiger partial charge >= 0.3 is 0 Å². The van der Waals surface area contributed by atoms with Crippen molar-refractivity contribution in [1.29, 1.82) is 0 Å². The molecule has 0 spiro atoms. The molecular formula is C11H14OS. The monoisotopic (exact) mass is 194 g/mol. The van der Waals surface area contributed by atoms with Crippen molar-refractivity contribution in [2.45, 2.75) is 24.8 Å². The Morgan fingerprint density at radius 3 is 2.92 bits per heavy atom. The third kappa shape index (κ3) is 2.48. The Morgan fingerprint density at radius 1 is 1.46 bits per heavy atom. The molecule has 1 saturated heterocycles. The van der Waals surface area contributed by atoms with E-state index in [2.05, 4.69) is 32.0 Å². The SMILES string of the molecule is Cc1ccc(C)c(SCC2CO2)c1. The smallest absolute Gasteiger partial charge is 0.0903 e. The number of thioether (sulfide) groups is 1. The summed E-state index contributed by atoms with van der Waals surface area (Å²) in [6.45, 7) is 5.25. The van der Waals surface area contributed by atoms with Gasteiger partial charge < -0.3 is 4.74 Å². The fraction of sp³-hybridized carbons (Fsp3) is 0.455. The fourth-order valence-electron chi connectivity index (χ4n) is 1.21. The predicted octanol–water partition coefficient (Wildman–Crippen LogP) is 2.79. The molecule has 1 heterocycles. The molecule has 13 heavy (non-hydrogen) atoms. The summed E-state index contributed by atoms with van der Waals surface area (Å²) in [4.78, 5) is 1.40. The van der Waals surface area contributed by atoms with E-state index < -0.39 is 0 Å². The van der Waals surface area contributed by atoms with Gasteiger partial charge in [-0.2, -0.15) is 0 Å². The van der Waals surface area contributed by atoms with Gasteiger partial charge in [-0.25, -0.2) is 0 Å². The van der Waals surface area contributed by atoms with Crippen molar-refractivity contribution in [3.8, 4) is 0 Å². The van der Waals surface area contributed by atoms with Gasteiger partial charge in [-0.05, 0) is 25.5 Å². The van der Waals surface area contributed by atoms with Crippen molar-refractivity contribution >= 4 is 11.8 Å². The largest absolute Gasteiger partial charge is 0.372 e. The molecule has 1 unspecified atom stereocenters. The first kappa shape index (κ1) is 9.10. The van der Waals surface area contributed by atoms with E-state index in [9.17, 15) is 0 Å². The van der Waals surface area contributed by atoms with Crippen LogP contribution >= 0.6 is 11.8 Å². The van der Waals surface area contributed by atoms with Crippen LogP contribution in [0.15, 0.2) is 23.1 Å². The van der Waals surface area contributed by atoms with Crippen molar-refractivity contribution in [2.75, 3.05) is 12.4 Å². The van der Waals surface area contributed by atoms with E-state index in [-0.39, 0.29) is 0 Å². The summed E-state index contributed by atoms with van der Waals surface area (Å²) in [7, 11) is 0. The topological polar surface area (TPSA) is 12.5 Å². The summed E-state index contributed by atoms with van der Waals surface area (Å²) in [5, 5.41) is 0. The van der Waals surface area contributed by atoms with Crippen LogP contribution in [0.3, 0.4) is 0 Å². The first-order chi connectivity index (χ1) is 6.25. The third-order valence-corrected chi connectivity index (χ3v) is 3.46. The molecule has 1 aromatic carbocycles. The van der Waals surface area contributed by atoms with Crippen molar-refractivity contribution in [2.24, 2.45) is 0 Å². The average Bonchev–Trinajstić information content (AvgIpc) is 2.90. The van der Waals surface area contributed by atoms with Crippen LogP contribution in [0.5, 0.6) is 0 Å². The maximum Gasteiger partial charge on any atom is 0.0903 e. The Kier molecular flexibility index (Phi) is 2.61. The third-order valence-electron chi connectivity index (χ3n) is 2.17. The Bertz CT molecular complexity index is 305. The summed E-state index contributed by atoms with van der Waals surface area (Å²) in [6, 6.07) is 6.60. The van der Waals surface area contributed by atoms with Gasteiger partial charge in [0.05, 0.1) is 12.7 Å². The zero-order valence-corrected chi connectivity index (χ0v) is 8.86. The lowest BCUT2D eigenvalue weighted by Gasteiger charge is -2.04. The molecule has 0 bridgehead atoms. The van der Waals surface area contributed by atoms with Crippen LogP contribution in [0.4, 0.5) is 0 Å². The molecule has 0 amide bonds. The molecular weight excluding hydrogens is 180 g/mol. The number of epoxide rings is 1. The molecule has 1 aliphatic rings. The van der Waals surface area contributed by atoms with E-state index >= 15 is 0 Å². The molecule has 1 atom stereocenters. The number of hydrogen-bond acceptors (Lipinski definition) is 2. The van der Waals surface area contributed by atoms with E-state index in [1.165, 1.54) is 16.0 Å². The molecule has 0 aliphatic carbocycles. The Balaban J connectivity index is 2.03. The zero-order chi connectivity index (χ0) is 9.26. The normalized spacial score (nSPS) is 20.3. The summed E-state index contributed by atoms with van der Waals surface area (Å²) < 4.78 is 5.18. The van der Waals surface area contributed by atoms with Crippen LogP contribution in [-0.2, 0) is 4.74 Å². The molecule has 0 aromatic heterocycles. The van der Waals surface area contributed by atoms with Crippen LogP contribution < -0.4 is 0 Å². The number of aryl methyl sites for hydroxylation is 2. The molecule has 2 heteroatoms. The maximum atomic E-state index is 5.18. The van der Waals surface area contributed by atoms with E-state index in [1.54, 1.807) is 0 Å². The van der Waals surface area contributed by atoms with E-state index in [0.717, 1.165) is 12.4 Å². The lowest BCUT2D eigenvalue weighted by molar-refractivity contribution is 0.426. The molecule has 0 radical (unpaired) electrons. The molecule has 1 aromatic rings. The Labute approximate surface area is 83.5 Å². The highest BCUT2D eigenvalue weighted by molar-refractivity contribution is 7.99.